The number of amides is 1. The zero-order valence-corrected chi connectivity index (χ0v) is 26.1. The molecule has 0 aliphatic carbocycles. The van der Waals surface area contributed by atoms with Crippen LogP contribution in [0.1, 0.15) is 68.9 Å². The summed E-state index contributed by atoms with van der Waals surface area (Å²) in [4.78, 5) is 27.0. The average Bonchev–Trinajstić information content (AvgIpc) is 3.36. The molecular weight excluding hydrogens is 559 g/mol. The molecule has 3 N–H and O–H groups in total. The smallest absolute Gasteiger partial charge is 0.305 e. The van der Waals surface area contributed by atoms with Gasteiger partial charge in [-0.1, -0.05) is 76.2 Å². The number of aromatic nitrogens is 1. The molecule has 1 heterocycles. The Morgan fingerprint density at radius 3 is 1.95 bits per heavy atom. The highest BCUT2D eigenvalue weighted by Gasteiger charge is 2.32. The van der Waals surface area contributed by atoms with E-state index in [4.69, 9.17) is 5.11 Å². The van der Waals surface area contributed by atoms with E-state index in [1.165, 1.54) is 12.1 Å². The van der Waals surface area contributed by atoms with Crippen LogP contribution in [0.15, 0.2) is 84.9 Å². The number of aliphatic hydroxyl groups excluding tert-OH is 2. The Morgan fingerprint density at radius 2 is 1.41 bits per heavy atom. The van der Waals surface area contributed by atoms with Crippen molar-refractivity contribution in [3.63, 3.8) is 0 Å². The topological polar surface area (TPSA) is 103 Å². The van der Waals surface area contributed by atoms with Crippen molar-refractivity contribution >= 4 is 17.6 Å². The Labute approximate surface area is 259 Å². The lowest BCUT2D eigenvalue weighted by Gasteiger charge is -2.21. The number of hydrogen-bond donors (Lipinski definition) is 3. The summed E-state index contributed by atoms with van der Waals surface area (Å²) in [5, 5.41) is 29.9. The van der Waals surface area contributed by atoms with Crippen LogP contribution in [0.3, 0.4) is 0 Å². The molecule has 0 radical (unpaired) electrons. The lowest BCUT2D eigenvalue weighted by molar-refractivity contribution is -0.139. The van der Waals surface area contributed by atoms with Crippen molar-refractivity contribution in [2.45, 2.75) is 71.6 Å². The molecular formula is C36H43FN2O5. The largest absolute Gasteiger partial charge is 0.481 e. The monoisotopic (exact) mass is 602 g/mol. The maximum absolute atomic E-state index is 14.4. The van der Waals surface area contributed by atoms with E-state index < -0.39 is 24.6 Å². The van der Waals surface area contributed by atoms with Gasteiger partial charge in [0.05, 0.1) is 29.9 Å². The first kappa shape index (κ1) is 34.2. The number of para-hydroxylation sites is 1. The summed E-state index contributed by atoms with van der Waals surface area (Å²) >= 11 is 0. The van der Waals surface area contributed by atoms with Gasteiger partial charge in [0.2, 0.25) is 0 Å². The standard InChI is InChI=1S/C34H37FN2O5.C2H6/c1-22(2)32-31(34(42)36(3)26-12-8-5-9-13-26)30(23-10-6-4-7-11-23)33(24-14-16-25(35)17-15-24)37(32)19-18-27(38)20-28(39)21-29(40)41;1-2/h4-17,22,27-28,38-39H,18-21H2,1-3H3,(H,40,41);1-2H3. The van der Waals surface area contributed by atoms with Crippen LogP contribution >= 0.6 is 0 Å². The summed E-state index contributed by atoms with van der Waals surface area (Å²) in [7, 11) is 1.74. The van der Waals surface area contributed by atoms with Crippen LogP contribution in [0.4, 0.5) is 10.1 Å². The van der Waals surface area contributed by atoms with E-state index in [0.717, 1.165) is 16.9 Å². The molecule has 0 aliphatic rings. The SMILES string of the molecule is CC.CC(C)c1c(C(=O)N(C)c2ccccc2)c(-c2ccccc2)c(-c2ccc(F)cc2)n1CCC(O)CC(O)CC(=O)O. The summed E-state index contributed by atoms with van der Waals surface area (Å²) < 4.78 is 16.1. The number of carboxylic acid groups (broad SMARTS) is 1. The van der Waals surface area contributed by atoms with Crippen LogP contribution < -0.4 is 4.90 Å². The number of nitrogens with zero attached hydrogens (tertiary/aromatic N) is 2. The number of aliphatic hydroxyl groups is 2. The summed E-state index contributed by atoms with van der Waals surface area (Å²) in [6, 6.07) is 25.1. The molecule has 4 rings (SSSR count). The number of carbonyl (C=O) groups excluding carboxylic acids is 1. The minimum absolute atomic E-state index is 0.0927. The number of anilines is 1. The molecule has 3 aromatic carbocycles. The van der Waals surface area contributed by atoms with E-state index in [0.29, 0.717) is 22.4 Å². The van der Waals surface area contributed by atoms with E-state index in [9.17, 15) is 24.2 Å². The number of rotatable bonds is 12. The molecule has 2 atom stereocenters. The van der Waals surface area contributed by atoms with Gasteiger partial charge in [-0.05, 0) is 66.3 Å². The van der Waals surface area contributed by atoms with Crippen molar-refractivity contribution in [1.82, 2.24) is 4.57 Å². The van der Waals surface area contributed by atoms with Crippen LogP contribution in [0, 0.1) is 5.82 Å². The van der Waals surface area contributed by atoms with Gasteiger partial charge >= 0.3 is 5.97 Å². The minimum Gasteiger partial charge on any atom is -0.481 e. The number of carbonyl (C=O) groups is 2. The summed E-state index contributed by atoms with van der Waals surface area (Å²) in [6.07, 6.45) is -2.50. The molecule has 1 amide bonds. The number of carboxylic acids is 1. The van der Waals surface area contributed by atoms with Crippen molar-refractivity contribution in [1.29, 1.82) is 0 Å². The predicted molar refractivity (Wildman–Crippen MR) is 173 cm³/mol. The molecule has 0 saturated heterocycles. The molecule has 8 heteroatoms. The Balaban J connectivity index is 0.00000259. The summed E-state index contributed by atoms with van der Waals surface area (Å²) in [5.41, 5.74) is 4.96. The van der Waals surface area contributed by atoms with Crippen LogP contribution in [-0.4, -0.2) is 51.0 Å². The van der Waals surface area contributed by atoms with E-state index in [1.54, 1.807) is 24.1 Å². The maximum Gasteiger partial charge on any atom is 0.305 e. The average molecular weight is 603 g/mol. The van der Waals surface area contributed by atoms with Crippen molar-refractivity contribution < 1.29 is 29.3 Å². The van der Waals surface area contributed by atoms with Gasteiger partial charge in [0, 0.05) is 30.5 Å². The number of benzene rings is 3. The molecule has 44 heavy (non-hydrogen) atoms. The van der Waals surface area contributed by atoms with Crippen molar-refractivity contribution in [3.05, 3.63) is 102 Å². The second kappa shape index (κ2) is 16.0. The molecule has 234 valence electrons. The molecule has 0 aliphatic heterocycles. The summed E-state index contributed by atoms with van der Waals surface area (Å²) in [6.45, 7) is 8.28. The van der Waals surface area contributed by atoms with Crippen LogP contribution in [0.25, 0.3) is 22.4 Å². The minimum atomic E-state index is -1.18. The zero-order valence-electron chi connectivity index (χ0n) is 26.1. The van der Waals surface area contributed by atoms with Crippen LogP contribution in [0.2, 0.25) is 0 Å². The molecule has 4 aromatic rings. The van der Waals surface area contributed by atoms with Gasteiger partial charge in [0.25, 0.3) is 5.91 Å². The molecule has 2 unspecified atom stereocenters. The highest BCUT2D eigenvalue weighted by atomic mass is 19.1. The number of hydrogen-bond acceptors (Lipinski definition) is 4. The van der Waals surface area contributed by atoms with Gasteiger partial charge in [-0.2, -0.15) is 0 Å². The molecule has 0 saturated carbocycles. The fraction of sp³-hybridized carbons (Fsp3) is 0.333. The van der Waals surface area contributed by atoms with E-state index in [-0.39, 0.29) is 37.0 Å². The quantitative estimate of drug-likeness (QED) is 0.157. The van der Waals surface area contributed by atoms with Crippen molar-refractivity contribution in [2.75, 3.05) is 11.9 Å². The Morgan fingerprint density at radius 1 is 0.841 bits per heavy atom. The molecule has 1 aromatic heterocycles. The molecule has 0 spiro atoms. The molecule has 7 nitrogen and oxygen atoms in total. The fourth-order valence-corrected chi connectivity index (χ4v) is 5.41. The first-order valence-corrected chi connectivity index (χ1v) is 15.1. The van der Waals surface area contributed by atoms with Crippen LogP contribution in [-0.2, 0) is 11.3 Å². The van der Waals surface area contributed by atoms with Gasteiger partial charge in [0.15, 0.2) is 0 Å². The Bertz CT molecular complexity index is 1500. The number of halogens is 1. The lowest BCUT2D eigenvalue weighted by Crippen LogP contribution is -2.28. The molecule has 0 fully saturated rings. The first-order chi connectivity index (χ1) is 21.1. The number of aliphatic carboxylic acids is 1. The fourth-order valence-electron chi connectivity index (χ4n) is 5.41. The Kier molecular flexibility index (Phi) is 12.4. The third kappa shape index (κ3) is 8.21. The second-order valence-electron chi connectivity index (χ2n) is 10.8. The third-order valence-corrected chi connectivity index (χ3v) is 7.33. The predicted octanol–water partition coefficient (Wildman–Crippen LogP) is 7.36. The molecule has 0 bridgehead atoms. The van der Waals surface area contributed by atoms with Gasteiger partial charge in [-0.25, -0.2) is 4.39 Å². The maximum atomic E-state index is 14.4. The highest BCUT2D eigenvalue weighted by Crippen LogP contribution is 2.43. The van der Waals surface area contributed by atoms with Crippen molar-refractivity contribution in [2.24, 2.45) is 0 Å². The zero-order chi connectivity index (χ0) is 32.4. The lowest BCUT2D eigenvalue weighted by atomic mass is 9.94. The Hall–Kier alpha value is -4.27. The summed E-state index contributed by atoms with van der Waals surface area (Å²) in [5.74, 6) is -1.84. The van der Waals surface area contributed by atoms with Gasteiger partial charge < -0.3 is 24.8 Å². The van der Waals surface area contributed by atoms with E-state index >= 15 is 0 Å². The second-order valence-corrected chi connectivity index (χ2v) is 10.8. The normalized spacial score (nSPS) is 12.3. The van der Waals surface area contributed by atoms with E-state index in [2.05, 4.69) is 0 Å². The van der Waals surface area contributed by atoms with Gasteiger partial charge in [0.1, 0.15) is 5.82 Å². The van der Waals surface area contributed by atoms with Crippen LogP contribution in [0.5, 0.6) is 0 Å². The highest BCUT2D eigenvalue weighted by molar-refractivity contribution is 6.13. The van der Waals surface area contributed by atoms with Gasteiger partial charge in [-0.3, -0.25) is 9.59 Å². The first-order valence-electron chi connectivity index (χ1n) is 15.1. The van der Waals surface area contributed by atoms with E-state index in [1.807, 2.05) is 92.9 Å². The third-order valence-electron chi connectivity index (χ3n) is 7.33. The van der Waals surface area contributed by atoms with Gasteiger partial charge in [-0.15, -0.1) is 0 Å². The van der Waals surface area contributed by atoms with Crippen molar-refractivity contribution in [3.8, 4) is 22.4 Å².